The minimum absolute atomic E-state index is 0.169. The van der Waals surface area contributed by atoms with Gasteiger partial charge in [0.05, 0.1) is 17.0 Å². The van der Waals surface area contributed by atoms with Gasteiger partial charge in [0.25, 0.3) is 5.91 Å². The lowest BCUT2D eigenvalue weighted by Crippen LogP contribution is -2.32. The number of hydrogen-bond donors (Lipinski definition) is 0. The fraction of sp³-hybridized carbons (Fsp3) is 0.100. The Hall–Kier alpha value is -1.46. The van der Waals surface area contributed by atoms with E-state index in [4.69, 9.17) is 0 Å². The highest BCUT2D eigenvalue weighted by atomic mass is 32.2. The third-order valence-corrected chi connectivity index (χ3v) is 2.36. The summed E-state index contributed by atoms with van der Waals surface area (Å²) < 4.78 is 22.5. The van der Waals surface area contributed by atoms with Gasteiger partial charge in [0, 0.05) is 5.57 Å². The van der Waals surface area contributed by atoms with Gasteiger partial charge in [-0.1, -0.05) is 24.8 Å². The normalized spacial score (nSPS) is 11.9. The van der Waals surface area contributed by atoms with Gasteiger partial charge in [0.2, 0.25) is 0 Å². The lowest BCUT2D eigenvalue weighted by atomic mass is 10.3. The molecule has 0 aliphatic carbocycles. The summed E-state index contributed by atoms with van der Waals surface area (Å²) in [5, 5.41) is 0. The van der Waals surface area contributed by atoms with Gasteiger partial charge in [0.1, 0.15) is 0 Å². The van der Waals surface area contributed by atoms with E-state index in [1.807, 2.05) is 0 Å². The van der Waals surface area contributed by atoms with Crippen molar-refractivity contribution in [2.75, 3.05) is 4.31 Å². The van der Waals surface area contributed by atoms with Crippen LogP contribution in [0, 0.1) is 0 Å². The van der Waals surface area contributed by atoms with Gasteiger partial charge >= 0.3 is 0 Å². The molecule has 0 bridgehead atoms. The summed E-state index contributed by atoms with van der Waals surface area (Å²) in [6.07, 6.45) is 0. The predicted molar refractivity (Wildman–Crippen MR) is 57.7 cm³/mol. The van der Waals surface area contributed by atoms with E-state index in [0.29, 0.717) is 9.99 Å². The van der Waals surface area contributed by atoms with E-state index in [2.05, 4.69) is 6.58 Å². The molecule has 5 heteroatoms. The maximum absolute atomic E-state index is 11.5. The molecular weight excluding hydrogens is 214 g/mol. The van der Waals surface area contributed by atoms with Crippen LogP contribution >= 0.6 is 0 Å². The molecule has 0 N–H and O–H groups in total. The van der Waals surface area contributed by atoms with Crippen molar-refractivity contribution >= 4 is 22.9 Å². The number of anilines is 1. The minimum atomic E-state index is -2.63. The summed E-state index contributed by atoms with van der Waals surface area (Å²) in [4.78, 5) is 11.5. The smallest absolute Gasteiger partial charge is 0.264 e. The molecule has 0 radical (unpaired) electrons. The Labute approximate surface area is 90.6 Å². The lowest BCUT2D eigenvalue weighted by Gasteiger charge is -2.24. The number of hydrogen-bond acceptors (Lipinski definition) is 3. The fourth-order valence-electron chi connectivity index (χ4n) is 1.01. The summed E-state index contributed by atoms with van der Waals surface area (Å²) in [6.45, 7) is 4.88. The maximum Gasteiger partial charge on any atom is 0.264 e. The van der Waals surface area contributed by atoms with Crippen molar-refractivity contribution in [2.45, 2.75) is 6.92 Å². The summed E-state index contributed by atoms with van der Waals surface area (Å²) in [6, 6.07) is 8.12. The average Bonchev–Trinajstić information content (AvgIpc) is 2.18. The van der Waals surface area contributed by atoms with Gasteiger partial charge in [-0.25, -0.2) is 4.31 Å². The molecule has 15 heavy (non-hydrogen) atoms. The van der Waals surface area contributed by atoms with Crippen LogP contribution in [0.1, 0.15) is 6.92 Å². The van der Waals surface area contributed by atoms with Crippen LogP contribution < -0.4 is 4.31 Å². The molecule has 0 saturated carbocycles. The van der Waals surface area contributed by atoms with E-state index >= 15 is 0 Å². The number of para-hydroxylation sites is 1. The van der Waals surface area contributed by atoms with Crippen molar-refractivity contribution in [3.8, 4) is 0 Å². The molecule has 80 valence electrons. The molecule has 0 saturated heterocycles. The van der Waals surface area contributed by atoms with Gasteiger partial charge in [-0.3, -0.25) is 9.00 Å². The molecule has 0 aromatic heterocycles. The molecule has 4 nitrogen and oxygen atoms in total. The van der Waals surface area contributed by atoms with Gasteiger partial charge < -0.3 is 4.55 Å². The summed E-state index contributed by atoms with van der Waals surface area (Å²) >= 11 is -2.63. The zero-order chi connectivity index (χ0) is 11.4. The zero-order valence-electron chi connectivity index (χ0n) is 8.17. The second kappa shape index (κ2) is 4.86. The molecule has 1 aromatic rings. The first-order valence-corrected chi connectivity index (χ1v) is 5.21. The van der Waals surface area contributed by atoms with Crippen LogP contribution in [0.3, 0.4) is 0 Å². The Morgan fingerprint density at radius 1 is 1.40 bits per heavy atom. The van der Waals surface area contributed by atoms with Crippen molar-refractivity contribution in [3.05, 3.63) is 42.5 Å². The van der Waals surface area contributed by atoms with Crippen LogP contribution in [0.5, 0.6) is 0 Å². The van der Waals surface area contributed by atoms with Crippen LogP contribution in [-0.2, 0) is 16.1 Å². The van der Waals surface area contributed by atoms with E-state index < -0.39 is 17.2 Å². The molecule has 1 rings (SSSR count). The van der Waals surface area contributed by atoms with Crippen LogP contribution in [0.25, 0.3) is 0 Å². The molecule has 0 aliphatic rings. The van der Waals surface area contributed by atoms with Crippen molar-refractivity contribution in [1.82, 2.24) is 0 Å². The van der Waals surface area contributed by atoms with E-state index in [1.54, 1.807) is 18.2 Å². The predicted octanol–water partition coefficient (Wildman–Crippen LogP) is 1.39. The largest absolute Gasteiger partial charge is 0.755 e. The summed E-state index contributed by atoms with van der Waals surface area (Å²) in [5.74, 6) is -0.630. The number of nitrogens with zero attached hydrogens (tertiary/aromatic N) is 1. The third-order valence-electron chi connectivity index (χ3n) is 1.69. The Balaban J connectivity index is 3.10. The minimum Gasteiger partial charge on any atom is -0.755 e. The molecule has 0 spiro atoms. The van der Waals surface area contributed by atoms with E-state index in [1.165, 1.54) is 19.1 Å². The Bertz CT molecular complexity index is 402. The Morgan fingerprint density at radius 3 is 2.33 bits per heavy atom. The quantitative estimate of drug-likeness (QED) is 0.575. The third kappa shape index (κ3) is 2.74. The summed E-state index contributed by atoms with van der Waals surface area (Å²) in [7, 11) is 0. The fourth-order valence-corrected chi connectivity index (χ4v) is 1.59. The zero-order valence-corrected chi connectivity index (χ0v) is 8.99. The van der Waals surface area contributed by atoms with Crippen molar-refractivity contribution in [2.24, 2.45) is 0 Å². The molecule has 1 aromatic carbocycles. The number of rotatable bonds is 3. The average molecular weight is 224 g/mol. The van der Waals surface area contributed by atoms with Crippen molar-refractivity contribution < 1.29 is 13.6 Å². The molecule has 1 amide bonds. The van der Waals surface area contributed by atoms with Crippen LogP contribution in [0.2, 0.25) is 0 Å². The molecule has 1 atom stereocenters. The van der Waals surface area contributed by atoms with E-state index in [9.17, 15) is 13.6 Å². The SMILES string of the molecule is C=C(C)C(=O)N(c1ccccc1)S(=O)[O-]. The van der Waals surface area contributed by atoms with Crippen LogP contribution in [-0.4, -0.2) is 14.7 Å². The number of benzene rings is 1. The summed E-state index contributed by atoms with van der Waals surface area (Å²) in [5.41, 5.74) is 0.474. The maximum atomic E-state index is 11.5. The number of carbonyl (C=O) groups is 1. The molecular formula is C10H10NO3S-. The highest BCUT2D eigenvalue weighted by molar-refractivity contribution is 7.81. The first-order chi connectivity index (χ1) is 7.04. The second-order valence-electron chi connectivity index (χ2n) is 2.93. The van der Waals surface area contributed by atoms with Gasteiger partial charge in [-0.15, -0.1) is 0 Å². The lowest BCUT2D eigenvalue weighted by molar-refractivity contribution is -0.114. The van der Waals surface area contributed by atoms with Gasteiger partial charge in [0.15, 0.2) is 0 Å². The number of carbonyl (C=O) groups excluding carboxylic acids is 1. The topological polar surface area (TPSA) is 60.4 Å². The Morgan fingerprint density at radius 2 is 1.93 bits per heavy atom. The van der Waals surface area contributed by atoms with Crippen molar-refractivity contribution in [3.63, 3.8) is 0 Å². The molecule has 0 aliphatic heterocycles. The number of amides is 1. The van der Waals surface area contributed by atoms with E-state index in [-0.39, 0.29) is 5.57 Å². The van der Waals surface area contributed by atoms with Crippen molar-refractivity contribution in [1.29, 1.82) is 0 Å². The molecule has 0 heterocycles. The highest BCUT2D eigenvalue weighted by Gasteiger charge is 2.16. The van der Waals surface area contributed by atoms with Crippen LogP contribution in [0.4, 0.5) is 5.69 Å². The second-order valence-corrected chi connectivity index (χ2v) is 3.73. The van der Waals surface area contributed by atoms with Gasteiger partial charge in [-0.05, 0) is 19.1 Å². The highest BCUT2D eigenvalue weighted by Crippen LogP contribution is 2.16. The van der Waals surface area contributed by atoms with Gasteiger partial charge in [-0.2, -0.15) is 0 Å². The standard InChI is InChI=1S/C10H11NO3S/c1-8(2)10(12)11(15(13)14)9-6-4-3-5-7-9/h3-7H,1H2,2H3,(H,13,14)/p-1. The monoisotopic (exact) mass is 224 g/mol. The molecule has 0 fully saturated rings. The van der Waals surface area contributed by atoms with E-state index in [0.717, 1.165) is 0 Å². The molecule has 1 unspecified atom stereocenters. The first kappa shape index (κ1) is 11.6. The first-order valence-electron chi connectivity index (χ1n) is 4.18. The van der Waals surface area contributed by atoms with Crippen LogP contribution in [0.15, 0.2) is 42.5 Å². The Kier molecular flexibility index (Phi) is 3.76.